The van der Waals surface area contributed by atoms with Gasteiger partial charge in [0.1, 0.15) is 23.9 Å². The second kappa shape index (κ2) is 14.3. The number of nitrogens with one attached hydrogen (secondary N) is 4. The summed E-state index contributed by atoms with van der Waals surface area (Å²) in [5.74, 6) is -3.52. The van der Waals surface area contributed by atoms with Crippen molar-refractivity contribution < 1.29 is 34.2 Å². The molecule has 0 aromatic heterocycles. The highest BCUT2D eigenvalue weighted by molar-refractivity contribution is 7.98. The van der Waals surface area contributed by atoms with Gasteiger partial charge in [-0.3, -0.25) is 19.2 Å². The third kappa shape index (κ3) is 9.38. The second-order valence-electron chi connectivity index (χ2n) is 8.49. The Hall–Kier alpha value is -3.32. The number of nitrogens with two attached hydrogens (primary N) is 1. The number of rotatable bonds is 14. The van der Waals surface area contributed by atoms with E-state index in [9.17, 15) is 34.2 Å². The molecule has 1 aliphatic rings. The first-order valence-corrected chi connectivity index (χ1v) is 12.9. The van der Waals surface area contributed by atoms with Crippen LogP contribution in [0.5, 0.6) is 5.75 Å². The highest BCUT2D eigenvalue weighted by atomic mass is 32.2. The average molecular weight is 524 g/mol. The maximum atomic E-state index is 13.2. The van der Waals surface area contributed by atoms with Crippen molar-refractivity contribution in [3.63, 3.8) is 0 Å². The van der Waals surface area contributed by atoms with Crippen LogP contribution in [-0.2, 0) is 30.4 Å². The molecule has 1 aliphatic heterocycles. The number of carbonyl (C=O) groups is 5. The summed E-state index contributed by atoms with van der Waals surface area (Å²) in [6.45, 7) is 0.713. The molecule has 4 amide bonds. The minimum Gasteiger partial charge on any atom is -0.508 e. The molecule has 2 rings (SSSR count). The smallest absolute Gasteiger partial charge is 0.326 e. The Morgan fingerprint density at radius 3 is 2.25 bits per heavy atom. The lowest BCUT2D eigenvalue weighted by molar-refractivity contribution is -0.143. The first-order valence-electron chi connectivity index (χ1n) is 11.5. The van der Waals surface area contributed by atoms with E-state index in [1.54, 1.807) is 12.1 Å². The first-order chi connectivity index (χ1) is 17.1. The van der Waals surface area contributed by atoms with Crippen molar-refractivity contribution in [3.05, 3.63) is 29.8 Å². The van der Waals surface area contributed by atoms with Crippen LogP contribution in [-0.4, -0.2) is 82.5 Å². The van der Waals surface area contributed by atoms with Gasteiger partial charge in [-0.15, -0.1) is 0 Å². The molecule has 1 aromatic carbocycles. The van der Waals surface area contributed by atoms with Gasteiger partial charge in [0.05, 0.1) is 12.5 Å². The number of carbonyl (C=O) groups excluding carboxylic acids is 4. The van der Waals surface area contributed by atoms with E-state index in [0.717, 1.165) is 6.42 Å². The van der Waals surface area contributed by atoms with Crippen molar-refractivity contribution in [3.8, 4) is 5.75 Å². The van der Waals surface area contributed by atoms with Crippen LogP contribution in [0.15, 0.2) is 24.3 Å². The summed E-state index contributed by atoms with van der Waals surface area (Å²) in [5, 5.41) is 29.6. The van der Waals surface area contributed by atoms with Crippen LogP contribution in [0.2, 0.25) is 0 Å². The summed E-state index contributed by atoms with van der Waals surface area (Å²) in [6.07, 6.45) is 3.03. The van der Waals surface area contributed by atoms with Crippen molar-refractivity contribution in [2.24, 2.45) is 5.73 Å². The zero-order valence-corrected chi connectivity index (χ0v) is 20.8. The molecule has 198 valence electrons. The second-order valence-corrected chi connectivity index (χ2v) is 9.48. The molecule has 12 nitrogen and oxygen atoms in total. The number of phenols is 1. The Labute approximate surface area is 213 Å². The van der Waals surface area contributed by atoms with Gasteiger partial charge < -0.3 is 37.2 Å². The monoisotopic (exact) mass is 523 g/mol. The van der Waals surface area contributed by atoms with E-state index in [2.05, 4.69) is 21.3 Å². The summed E-state index contributed by atoms with van der Waals surface area (Å²) >= 11 is 1.49. The quantitative estimate of drug-likeness (QED) is 0.157. The van der Waals surface area contributed by atoms with Crippen molar-refractivity contribution in [1.29, 1.82) is 0 Å². The predicted molar refractivity (Wildman–Crippen MR) is 133 cm³/mol. The molecule has 0 aliphatic carbocycles. The van der Waals surface area contributed by atoms with Crippen LogP contribution in [0.25, 0.3) is 0 Å². The lowest BCUT2D eigenvalue weighted by Crippen LogP contribution is -2.58. The fourth-order valence-corrected chi connectivity index (χ4v) is 4.18. The van der Waals surface area contributed by atoms with E-state index in [1.165, 1.54) is 23.9 Å². The van der Waals surface area contributed by atoms with Crippen molar-refractivity contribution >= 4 is 41.4 Å². The summed E-state index contributed by atoms with van der Waals surface area (Å²) in [7, 11) is 0. The normalized spacial score (nSPS) is 17.4. The summed E-state index contributed by atoms with van der Waals surface area (Å²) in [5.41, 5.74) is 5.67. The molecule has 0 bridgehead atoms. The van der Waals surface area contributed by atoms with Gasteiger partial charge >= 0.3 is 5.97 Å². The Kier molecular flexibility index (Phi) is 11.5. The molecule has 1 heterocycles. The first kappa shape index (κ1) is 28.9. The van der Waals surface area contributed by atoms with E-state index in [1.807, 2.05) is 6.26 Å². The van der Waals surface area contributed by atoms with Crippen LogP contribution in [0.3, 0.4) is 0 Å². The lowest BCUT2D eigenvalue weighted by atomic mass is 10.0. The van der Waals surface area contributed by atoms with Crippen LogP contribution >= 0.6 is 11.8 Å². The van der Waals surface area contributed by atoms with Crippen molar-refractivity contribution in [1.82, 2.24) is 21.3 Å². The number of carboxylic acid groups (broad SMARTS) is 1. The van der Waals surface area contributed by atoms with Crippen LogP contribution in [0, 0.1) is 0 Å². The molecule has 1 fully saturated rings. The van der Waals surface area contributed by atoms with Gasteiger partial charge in [-0.2, -0.15) is 11.8 Å². The van der Waals surface area contributed by atoms with E-state index < -0.39 is 54.3 Å². The molecule has 1 aromatic rings. The van der Waals surface area contributed by atoms with E-state index >= 15 is 0 Å². The molecular weight excluding hydrogens is 490 g/mol. The minimum absolute atomic E-state index is 0.0107. The average Bonchev–Trinajstić information content (AvgIpc) is 3.37. The number of amides is 4. The standard InChI is InChI=1S/C23H33N5O7S/c1-36-10-8-16(26-20(31)15-3-2-9-25-15)21(32)27-17(11-13-4-6-14(29)7-5-13)22(33)28-18(23(34)35)12-19(24)30/h4-7,15-18,25,29H,2-3,8-12H2,1H3,(H2,24,30)(H,26,31)(H,27,32)(H,28,33)(H,34,35). The van der Waals surface area contributed by atoms with Crippen LogP contribution in [0.1, 0.15) is 31.2 Å². The largest absolute Gasteiger partial charge is 0.508 e. The van der Waals surface area contributed by atoms with Gasteiger partial charge in [0.15, 0.2) is 0 Å². The molecular formula is C23H33N5O7S. The van der Waals surface area contributed by atoms with E-state index in [4.69, 9.17) is 5.73 Å². The third-order valence-electron chi connectivity index (χ3n) is 5.65. The highest BCUT2D eigenvalue weighted by Gasteiger charge is 2.32. The predicted octanol–water partition coefficient (Wildman–Crippen LogP) is -1.15. The van der Waals surface area contributed by atoms with Gasteiger partial charge in [0.25, 0.3) is 0 Å². The molecule has 36 heavy (non-hydrogen) atoms. The lowest BCUT2D eigenvalue weighted by Gasteiger charge is -2.25. The van der Waals surface area contributed by atoms with Gasteiger partial charge in [-0.1, -0.05) is 12.1 Å². The van der Waals surface area contributed by atoms with Crippen LogP contribution in [0.4, 0.5) is 0 Å². The Bertz CT molecular complexity index is 937. The number of hydrogen-bond acceptors (Lipinski definition) is 8. The highest BCUT2D eigenvalue weighted by Crippen LogP contribution is 2.13. The maximum absolute atomic E-state index is 13.2. The molecule has 4 atom stereocenters. The number of benzene rings is 1. The Morgan fingerprint density at radius 2 is 1.69 bits per heavy atom. The van der Waals surface area contributed by atoms with Gasteiger partial charge in [-0.25, -0.2) is 4.79 Å². The Balaban J connectivity index is 2.21. The van der Waals surface area contributed by atoms with Crippen molar-refractivity contribution in [2.75, 3.05) is 18.6 Å². The van der Waals surface area contributed by atoms with Gasteiger partial charge in [0, 0.05) is 6.42 Å². The SMILES string of the molecule is CSCCC(NC(=O)C1CCCN1)C(=O)NC(Cc1ccc(O)cc1)C(=O)NC(CC(N)=O)C(=O)O. The summed E-state index contributed by atoms with van der Waals surface area (Å²) < 4.78 is 0. The molecule has 1 saturated heterocycles. The summed E-state index contributed by atoms with van der Waals surface area (Å²) in [4.78, 5) is 61.6. The third-order valence-corrected chi connectivity index (χ3v) is 6.29. The topological polar surface area (TPSA) is 200 Å². The number of aromatic hydroxyl groups is 1. The zero-order valence-electron chi connectivity index (χ0n) is 20.0. The molecule has 0 spiro atoms. The van der Waals surface area contributed by atoms with E-state index in [-0.39, 0.29) is 18.1 Å². The number of primary amides is 1. The van der Waals surface area contributed by atoms with Crippen molar-refractivity contribution in [2.45, 2.75) is 56.3 Å². The molecule has 8 N–H and O–H groups in total. The van der Waals surface area contributed by atoms with Crippen LogP contribution < -0.4 is 27.0 Å². The molecule has 4 unspecified atom stereocenters. The maximum Gasteiger partial charge on any atom is 0.326 e. The number of thioether (sulfide) groups is 1. The fraction of sp³-hybridized carbons (Fsp3) is 0.522. The number of aliphatic carboxylic acids is 1. The molecule has 0 radical (unpaired) electrons. The number of phenolic OH excluding ortho intramolecular Hbond substituents is 1. The van der Waals surface area contributed by atoms with Gasteiger partial charge in [-0.05, 0) is 55.5 Å². The van der Waals surface area contributed by atoms with Gasteiger partial charge in [0.2, 0.25) is 23.6 Å². The number of carboxylic acids is 1. The molecule has 0 saturated carbocycles. The molecule has 13 heteroatoms. The fourth-order valence-electron chi connectivity index (χ4n) is 3.71. The van der Waals surface area contributed by atoms with E-state index in [0.29, 0.717) is 30.7 Å². The zero-order chi connectivity index (χ0) is 26.7. The minimum atomic E-state index is -1.57. The number of hydrogen-bond donors (Lipinski definition) is 7. The summed E-state index contributed by atoms with van der Waals surface area (Å²) in [6, 6.07) is 1.82. The Morgan fingerprint density at radius 1 is 1.06 bits per heavy atom.